The van der Waals surface area contributed by atoms with Crippen LogP contribution in [0.5, 0.6) is 0 Å². The molecule has 3 saturated carbocycles. The first kappa shape index (κ1) is 13.0. The summed E-state index contributed by atoms with van der Waals surface area (Å²) in [6, 6.07) is 0. The molecule has 0 amide bonds. The number of hydrogen-bond donors (Lipinski definition) is 0. The summed E-state index contributed by atoms with van der Waals surface area (Å²) in [5.74, 6) is 10.0. The van der Waals surface area contributed by atoms with Crippen molar-refractivity contribution in [2.24, 2.45) is 59.2 Å². The summed E-state index contributed by atoms with van der Waals surface area (Å²) >= 11 is 0. The Kier molecular flexibility index (Phi) is 3.07. The fraction of sp³-hybridized carbons (Fsp3) is 1.00. The quantitative estimate of drug-likeness (QED) is 0.560. The van der Waals surface area contributed by atoms with E-state index in [1.54, 1.807) is 12.8 Å². The molecule has 0 aromatic heterocycles. The molecule has 0 aliphatic heterocycles. The van der Waals surface area contributed by atoms with E-state index >= 15 is 0 Å². The summed E-state index contributed by atoms with van der Waals surface area (Å²) in [4.78, 5) is 0. The van der Waals surface area contributed by atoms with Crippen LogP contribution in [0.25, 0.3) is 0 Å². The van der Waals surface area contributed by atoms with Crippen molar-refractivity contribution in [3.8, 4) is 0 Å². The molecule has 104 valence electrons. The predicted molar refractivity (Wildman–Crippen MR) is 78.2 cm³/mol. The van der Waals surface area contributed by atoms with Gasteiger partial charge in [-0.25, -0.2) is 0 Å². The van der Waals surface area contributed by atoms with Gasteiger partial charge in [-0.1, -0.05) is 41.5 Å². The van der Waals surface area contributed by atoms with E-state index in [0.717, 1.165) is 59.2 Å². The van der Waals surface area contributed by atoms with E-state index in [1.165, 1.54) is 0 Å². The fourth-order valence-corrected chi connectivity index (χ4v) is 6.26. The normalized spacial score (nSPS) is 63.7. The molecule has 0 N–H and O–H groups in total. The Morgan fingerprint density at radius 2 is 0.611 bits per heavy atom. The highest BCUT2D eigenvalue weighted by Gasteiger charge is 2.54. The maximum Gasteiger partial charge on any atom is -0.0352 e. The largest absolute Gasteiger partial charge is 0.0620 e. The van der Waals surface area contributed by atoms with Crippen molar-refractivity contribution in [3.63, 3.8) is 0 Å². The average molecular weight is 248 g/mol. The Morgan fingerprint density at radius 3 is 0.833 bits per heavy atom. The van der Waals surface area contributed by atoms with Gasteiger partial charge in [0.2, 0.25) is 0 Å². The maximum absolute atomic E-state index is 2.54. The molecule has 0 bridgehead atoms. The van der Waals surface area contributed by atoms with Crippen LogP contribution in [0.15, 0.2) is 0 Å². The van der Waals surface area contributed by atoms with Gasteiger partial charge in [0, 0.05) is 0 Å². The highest BCUT2D eigenvalue weighted by atomic mass is 14.6. The van der Waals surface area contributed by atoms with Crippen LogP contribution in [-0.2, 0) is 0 Å². The van der Waals surface area contributed by atoms with Gasteiger partial charge in [0.05, 0.1) is 0 Å². The molecule has 0 aromatic rings. The number of fused-ring (bicyclic) bond motifs is 2. The maximum atomic E-state index is 2.54. The summed E-state index contributed by atoms with van der Waals surface area (Å²) in [7, 11) is 0. The van der Waals surface area contributed by atoms with Crippen LogP contribution in [0.4, 0.5) is 0 Å². The predicted octanol–water partition coefficient (Wildman–Crippen LogP) is 5.09. The molecule has 8 unspecified atom stereocenters. The number of rotatable bonds is 0. The van der Waals surface area contributed by atoms with Gasteiger partial charge in [-0.05, 0) is 72.0 Å². The Morgan fingerprint density at radius 1 is 0.389 bits per heavy atom. The van der Waals surface area contributed by atoms with E-state index in [-0.39, 0.29) is 0 Å². The zero-order valence-electron chi connectivity index (χ0n) is 13.2. The topological polar surface area (TPSA) is 0 Å². The highest BCUT2D eigenvalue weighted by molar-refractivity contribution is 5.03. The van der Waals surface area contributed by atoms with Crippen molar-refractivity contribution in [2.75, 3.05) is 0 Å². The van der Waals surface area contributed by atoms with Gasteiger partial charge in [0.1, 0.15) is 0 Å². The summed E-state index contributed by atoms with van der Waals surface area (Å²) in [6.07, 6.45) is 3.11. The monoisotopic (exact) mass is 248 g/mol. The van der Waals surface area contributed by atoms with Gasteiger partial charge < -0.3 is 0 Å². The van der Waals surface area contributed by atoms with Gasteiger partial charge in [0.25, 0.3) is 0 Å². The molecule has 0 heterocycles. The average Bonchev–Trinajstić information content (AvgIpc) is 2.71. The third-order valence-electron chi connectivity index (χ3n) is 8.21. The van der Waals surface area contributed by atoms with E-state index in [4.69, 9.17) is 0 Å². The van der Waals surface area contributed by atoms with Gasteiger partial charge in [0.15, 0.2) is 0 Å². The Bertz CT molecular complexity index is 260. The first-order valence-electron chi connectivity index (χ1n) is 8.43. The van der Waals surface area contributed by atoms with Crippen molar-refractivity contribution in [2.45, 2.75) is 54.4 Å². The van der Waals surface area contributed by atoms with E-state index in [2.05, 4.69) is 41.5 Å². The molecule has 0 aromatic carbocycles. The summed E-state index contributed by atoms with van der Waals surface area (Å²) in [5.41, 5.74) is 0. The molecule has 8 atom stereocenters. The standard InChI is InChI=1S/C18H32/c1-9-11(3)15-7-17-13(5)10(2)14(6)18(17)8-16(15)12(9)4/h9-18H,7-8H2,1-6H3. The van der Waals surface area contributed by atoms with Gasteiger partial charge in [-0.2, -0.15) is 0 Å². The van der Waals surface area contributed by atoms with E-state index in [1.807, 2.05) is 0 Å². The van der Waals surface area contributed by atoms with Crippen LogP contribution >= 0.6 is 0 Å². The van der Waals surface area contributed by atoms with Crippen LogP contribution < -0.4 is 0 Å². The second kappa shape index (κ2) is 4.25. The molecule has 3 aliphatic rings. The molecule has 18 heavy (non-hydrogen) atoms. The molecule has 0 spiro atoms. The first-order valence-corrected chi connectivity index (χ1v) is 8.43. The van der Waals surface area contributed by atoms with Crippen molar-refractivity contribution < 1.29 is 0 Å². The van der Waals surface area contributed by atoms with Crippen LogP contribution in [0.3, 0.4) is 0 Å². The zero-order valence-corrected chi connectivity index (χ0v) is 13.2. The minimum Gasteiger partial charge on any atom is -0.0620 e. The smallest absolute Gasteiger partial charge is 0.0352 e. The molecular weight excluding hydrogens is 216 g/mol. The lowest BCUT2D eigenvalue weighted by molar-refractivity contribution is 0.0887. The summed E-state index contributed by atoms with van der Waals surface area (Å²) < 4.78 is 0. The molecule has 0 radical (unpaired) electrons. The van der Waals surface area contributed by atoms with Gasteiger partial charge >= 0.3 is 0 Å². The van der Waals surface area contributed by atoms with E-state index in [9.17, 15) is 0 Å². The lowest BCUT2D eigenvalue weighted by Crippen LogP contribution is -2.33. The third-order valence-corrected chi connectivity index (χ3v) is 8.21. The fourth-order valence-electron chi connectivity index (χ4n) is 6.26. The Balaban J connectivity index is 1.85. The minimum absolute atomic E-state index is 0.960. The van der Waals surface area contributed by atoms with Gasteiger partial charge in [-0.3, -0.25) is 0 Å². The van der Waals surface area contributed by atoms with Crippen molar-refractivity contribution in [3.05, 3.63) is 0 Å². The first-order chi connectivity index (χ1) is 8.43. The SMILES string of the molecule is CC1C(C)C2CC3C(C)C(C)C(C)C3CC2C1C. The van der Waals surface area contributed by atoms with Crippen LogP contribution in [0.2, 0.25) is 0 Å². The Labute approximate surface area is 114 Å². The van der Waals surface area contributed by atoms with Gasteiger partial charge in [-0.15, -0.1) is 0 Å². The second-order valence-electron chi connectivity index (χ2n) is 8.28. The van der Waals surface area contributed by atoms with Crippen molar-refractivity contribution in [1.82, 2.24) is 0 Å². The third kappa shape index (κ3) is 1.56. The van der Waals surface area contributed by atoms with Crippen LogP contribution in [0.1, 0.15) is 54.4 Å². The lowest BCUT2D eigenvalue weighted by atomic mass is 9.65. The highest BCUT2D eigenvalue weighted by Crippen LogP contribution is 2.61. The molecule has 3 aliphatic carbocycles. The second-order valence-corrected chi connectivity index (χ2v) is 8.28. The number of hydrogen-bond acceptors (Lipinski definition) is 0. The Hall–Kier alpha value is 0. The molecular formula is C18H32. The summed E-state index contributed by atoms with van der Waals surface area (Å²) in [6.45, 7) is 15.2. The van der Waals surface area contributed by atoms with E-state index < -0.39 is 0 Å². The molecule has 0 heteroatoms. The minimum atomic E-state index is 0.960. The molecule has 3 fully saturated rings. The molecule has 0 saturated heterocycles. The van der Waals surface area contributed by atoms with Crippen molar-refractivity contribution in [1.29, 1.82) is 0 Å². The van der Waals surface area contributed by atoms with Crippen LogP contribution in [0, 0.1) is 59.2 Å². The lowest BCUT2D eigenvalue weighted by Gasteiger charge is -2.40. The molecule has 3 rings (SSSR count). The summed E-state index contributed by atoms with van der Waals surface area (Å²) in [5, 5.41) is 0. The van der Waals surface area contributed by atoms with Crippen LogP contribution in [-0.4, -0.2) is 0 Å². The van der Waals surface area contributed by atoms with E-state index in [0.29, 0.717) is 0 Å². The molecule has 0 nitrogen and oxygen atoms in total. The zero-order chi connectivity index (χ0) is 13.2. The van der Waals surface area contributed by atoms with Crippen molar-refractivity contribution >= 4 is 0 Å².